The van der Waals surface area contributed by atoms with Crippen LogP contribution in [0.15, 0.2) is 0 Å². The molecule has 0 saturated heterocycles. The number of nitrogens with zero attached hydrogens (tertiary/aromatic N) is 1. The standard InChI is InChI=1S/C8H17FN2/c1-8(5-7(8)9)6-11(2)4-3-10/h7H,3-6,10H2,1-2H3. The average Bonchev–Trinajstić information content (AvgIpc) is 2.39. The number of hydrogen-bond acceptors (Lipinski definition) is 2. The average molecular weight is 160 g/mol. The summed E-state index contributed by atoms with van der Waals surface area (Å²) in [6.07, 6.45) is 0.143. The molecule has 0 aromatic heterocycles. The summed E-state index contributed by atoms with van der Waals surface area (Å²) in [5.74, 6) is 0. The molecule has 0 aliphatic heterocycles. The molecular formula is C8H17FN2. The van der Waals surface area contributed by atoms with Crippen molar-refractivity contribution in [2.45, 2.75) is 19.5 Å². The predicted molar refractivity (Wildman–Crippen MR) is 44.2 cm³/mol. The van der Waals surface area contributed by atoms with Gasteiger partial charge in [-0.05, 0) is 13.5 Å². The highest BCUT2D eigenvalue weighted by molar-refractivity contribution is 5.01. The lowest BCUT2D eigenvalue weighted by Gasteiger charge is -2.19. The molecule has 1 aliphatic carbocycles. The van der Waals surface area contributed by atoms with E-state index in [4.69, 9.17) is 5.73 Å². The zero-order valence-corrected chi connectivity index (χ0v) is 7.31. The number of likely N-dealkylation sites (N-methyl/N-ethyl adjacent to an activating group) is 1. The molecule has 0 aromatic carbocycles. The van der Waals surface area contributed by atoms with Gasteiger partial charge in [0.25, 0.3) is 0 Å². The zero-order valence-electron chi connectivity index (χ0n) is 7.31. The van der Waals surface area contributed by atoms with E-state index < -0.39 is 6.17 Å². The first-order valence-corrected chi connectivity index (χ1v) is 4.11. The molecule has 0 radical (unpaired) electrons. The van der Waals surface area contributed by atoms with Crippen LogP contribution in [0.4, 0.5) is 4.39 Å². The smallest absolute Gasteiger partial charge is 0.107 e. The second-order valence-electron chi connectivity index (χ2n) is 3.85. The van der Waals surface area contributed by atoms with Crippen molar-refractivity contribution in [2.24, 2.45) is 11.1 Å². The molecule has 0 bridgehead atoms. The molecular weight excluding hydrogens is 143 g/mol. The van der Waals surface area contributed by atoms with Gasteiger partial charge < -0.3 is 10.6 Å². The summed E-state index contributed by atoms with van der Waals surface area (Å²) in [5.41, 5.74) is 5.30. The highest BCUT2D eigenvalue weighted by Crippen LogP contribution is 2.48. The first-order valence-electron chi connectivity index (χ1n) is 4.11. The molecule has 1 aliphatic rings. The molecule has 66 valence electrons. The Hall–Kier alpha value is -0.150. The lowest BCUT2D eigenvalue weighted by molar-refractivity contribution is 0.250. The number of halogens is 1. The Morgan fingerprint density at radius 3 is 2.64 bits per heavy atom. The third-order valence-electron chi connectivity index (χ3n) is 2.38. The number of hydrogen-bond donors (Lipinski definition) is 1. The summed E-state index contributed by atoms with van der Waals surface area (Å²) < 4.78 is 12.7. The highest BCUT2D eigenvalue weighted by atomic mass is 19.1. The second kappa shape index (κ2) is 3.07. The van der Waals surface area contributed by atoms with E-state index in [0.29, 0.717) is 6.54 Å². The van der Waals surface area contributed by atoms with Gasteiger partial charge in [-0.3, -0.25) is 0 Å². The first kappa shape index (κ1) is 8.94. The molecule has 2 unspecified atom stereocenters. The van der Waals surface area contributed by atoms with Gasteiger partial charge in [0.05, 0.1) is 0 Å². The maximum Gasteiger partial charge on any atom is 0.107 e. The van der Waals surface area contributed by atoms with E-state index in [2.05, 4.69) is 4.90 Å². The molecule has 1 rings (SSSR count). The molecule has 0 heterocycles. The van der Waals surface area contributed by atoms with Crippen LogP contribution in [0, 0.1) is 5.41 Å². The monoisotopic (exact) mass is 160 g/mol. The summed E-state index contributed by atoms with van der Waals surface area (Å²) in [6, 6.07) is 0. The van der Waals surface area contributed by atoms with Crippen molar-refractivity contribution in [3.8, 4) is 0 Å². The summed E-state index contributed by atoms with van der Waals surface area (Å²) in [6.45, 7) is 4.35. The summed E-state index contributed by atoms with van der Waals surface area (Å²) in [5, 5.41) is 0. The number of nitrogens with two attached hydrogens (primary N) is 1. The Morgan fingerprint density at radius 1 is 1.73 bits per heavy atom. The molecule has 3 heteroatoms. The quantitative estimate of drug-likeness (QED) is 0.653. The van der Waals surface area contributed by atoms with Crippen LogP contribution in [-0.4, -0.2) is 37.8 Å². The van der Waals surface area contributed by atoms with Gasteiger partial charge in [0, 0.05) is 25.0 Å². The minimum atomic E-state index is -0.581. The fraction of sp³-hybridized carbons (Fsp3) is 1.00. The van der Waals surface area contributed by atoms with Gasteiger partial charge in [0.2, 0.25) is 0 Å². The van der Waals surface area contributed by atoms with Gasteiger partial charge in [-0.25, -0.2) is 4.39 Å². The minimum absolute atomic E-state index is 0.0656. The fourth-order valence-corrected chi connectivity index (χ4v) is 1.43. The van der Waals surface area contributed by atoms with E-state index in [-0.39, 0.29) is 5.41 Å². The van der Waals surface area contributed by atoms with E-state index in [1.54, 1.807) is 0 Å². The van der Waals surface area contributed by atoms with E-state index in [9.17, 15) is 4.39 Å². The summed E-state index contributed by atoms with van der Waals surface area (Å²) >= 11 is 0. The van der Waals surface area contributed by atoms with Gasteiger partial charge in [-0.1, -0.05) is 6.92 Å². The van der Waals surface area contributed by atoms with Crippen LogP contribution in [-0.2, 0) is 0 Å². The SMILES string of the molecule is CN(CCN)CC1(C)CC1F. The van der Waals surface area contributed by atoms with Gasteiger partial charge in [-0.15, -0.1) is 0 Å². The Labute approximate surface area is 67.6 Å². The van der Waals surface area contributed by atoms with E-state index in [0.717, 1.165) is 19.5 Å². The van der Waals surface area contributed by atoms with Crippen molar-refractivity contribution >= 4 is 0 Å². The van der Waals surface area contributed by atoms with Gasteiger partial charge >= 0.3 is 0 Å². The lowest BCUT2D eigenvalue weighted by atomic mass is 10.1. The third kappa shape index (κ3) is 2.14. The Morgan fingerprint density at radius 2 is 2.27 bits per heavy atom. The van der Waals surface area contributed by atoms with Gasteiger partial charge in [0.15, 0.2) is 0 Å². The summed E-state index contributed by atoms with van der Waals surface area (Å²) in [4.78, 5) is 2.10. The molecule has 2 nitrogen and oxygen atoms in total. The van der Waals surface area contributed by atoms with Crippen molar-refractivity contribution in [1.82, 2.24) is 4.90 Å². The van der Waals surface area contributed by atoms with E-state index >= 15 is 0 Å². The zero-order chi connectivity index (χ0) is 8.48. The molecule has 11 heavy (non-hydrogen) atoms. The van der Waals surface area contributed by atoms with Crippen LogP contribution in [0.3, 0.4) is 0 Å². The normalized spacial score (nSPS) is 36.3. The van der Waals surface area contributed by atoms with Crippen LogP contribution in [0.1, 0.15) is 13.3 Å². The van der Waals surface area contributed by atoms with Crippen molar-refractivity contribution in [2.75, 3.05) is 26.7 Å². The molecule has 0 aromatic rings. The number of rotatable bonds is 4. The van der Waals surface area contributed by atoms with Gasteiger partial charge in [-0.2, -0.15) is 0 Å². The van der Waals surface area contributed by atoms with Crippen LogP contribution in [0.2, 0.25) is 0 Å². The molecule has 1 saturated carbocycles. The first-order chi connectivity index (χ1) is 5.08. The van der Waals surface area contributed by atoms with Crippen molar-refractivity contribution in [3.05, 3.63) is 0 Å². The van der Waals surface area contributed by atoms with Crippen LogP contribution >= 0.6 is 0 Å². The topological polar surface area (TPSA) is 29.3 Å². The van der Waals surface area contributed by atoms with Crippen molar-refractivity contribution in [3.63, 3.8) is 0 Å². The fourth-order valence-electron chi connectivity index (χ4n) is 1.43. The number of alkyl halides is 1. The minimum Gasteiger partial charge on any atom is -0.329 e. The van der Waals surface area contributed by atoms with Crippen LogP contribution in [0.5, 0.6) is 0 Å². The maximum absolute atomic E-state index is 12.7. The second-order valence-corrected chi connectivity index (χ2v) is 3.85. The predicted octanol–water partition coefficient (Wildman–Crippen LogP) is 0.625. The Bertz CT molecular complexity index is 140. The van der Waals surface area contributed by atoms with Crippen LogP contribution < -0.4 is 5.73 Å². The van der Waals surface area contributed by atoms with Crippen molar-refractivity contribution < 1.29 is 4.39 Å². The maximum atomic E-state index is 12.7. The molecule has 2 atom stereocenters. The van der Waals surface area contributed by atoms with E-state index in [1.165, 1.54) is 0 Å². The molecule has 0 amide bonds. The summed E-state index contributed by atoms with van der Waals surface area (Å²) in [7, 11) is 1.99. The van der Waals surface area contributed by atoms with E-state index in [1.807, 2.05) is 14.0 Å². The lowest BCUT2D eigenvalue weighted by Crippen LogP contribution is -2.31. The molecule has 2 N–H and O–H groups in total. The molecule has 0 spiro atoms. The molecule has 1 fully saturated rings. The van der Waals surface area contributed by atoms with Crippen LogP contribution in [0.25, 0.3) is 0 Å². The highest BCUT2D eigenvalue weighted by Gasteiger charge is 2.51. The largest absolute Gasteiger partial charge is 0.329 e. The Kier molecular flexibility index (Phi) is 2.50. The van der Waals surface area contributed by atoms with Crippen molar-refractivity contribution in [1.29, 1.82) is 0 Å². The Balaban J connectivity index is 2.20. The van der Waals surface area contributed by atoms with Gasteiger partial charge in [0.1, 0.15) is 6.17 Å². The third-order valence-corrected chi connectivity index (χ3v) is 2.38.